The van der Waals surface area contributed by atoms with Gasteiger partial charge in [-0.2, -0.15) is 5.10 Å². The van der Waals surface area contributed by atoms with E-state index in [0.717, 1.165) is 37.3 Å². The third-order valence-electron chi connectivity index (χ3n) is 4.32. The van der Waals surface area contributed by atoms with Crippen molar-refractivity contribution < 1.29 is 4.79 Å². The van der Waals surface area contributed by atoms with Gasteiger partial charge >= 0.3 is 0 Å². The van der Waals surface area contributed by atoms with E-state index in [1.54, 1.807) is 18.6 Å². The molecule has 24 heavy (non-hydrogen) atoms. The maximum Gasteiger partial charge on any atom is 0.266 e. The number of hydrogen-bond acceptors (Lipinski definition) is 6. The van der Waals surface area contributed by atoms with E-state index in [9.17, 15) is 9.59 Å². The fourth-order valence-corrected chi connectivity index (χ4v) is 3.69. The highest BCUT2D eigenvalue weighted by atomic mass is 32.1. The second-order valence-corrected chi connectivity index (χ2v) is 6.83. The summed E-state index contributed by atoms with van der Waals surface area (Å²) in [7, 11) is 1.65. The molecule has 7 nitrogen and oxygen atoms in total. The standard InChI is InChI=1S/C16H21N5O2S/c1-11-15(24-10-18-11)16(23)17-9-12-5-3-4-8-21(12)13-6-7-14(22)20(2)19-13/h6-7,10,12H,3-5,8-9H2,1-2H3,(H,17,23). The Morgan fingerprint density at radius 2 is 2.25 bits per heavy atom. The number of aromatic nitrogens is 3. The molecule has 1 atom stereocenters. The molecule has 0 radical (unpaired) electrons. The largest absolute Gasteiger partial charge is 0.350 e. The van der Waals surface area contributed by atoms with Crippen LogP contribution in [0.25, 0.3) is 0 Å². The first kappa shape index (κ1) is 16.6. The van der Waals surface area contributed by atoms with E-state index in [0.29, 0.717) is 11.4 Å². The normalized spacial score (nSPS) is 17.8. The summed E-state index contributed by atoms with van der Waals surface area (Å²) in [6, 6.07) is 3.48. The summed E-state index contributed by atoms with van der Waals surface area (Å²) in [5, 5.41) is 7.36. The van der Waals surface area contributed by atoms with Crippen molar-refractivity contribution in [3.05, 3.63) is 38.6 Å². The summed E-state index contributed by atoms with van der Waals surface area (Å²) < 4.78 is 1.35. The second-order valence-electron chi connectivity index (χ2n) is 5.97. The third-order valence-corrected chi connectivity index (χ3v) is 5.25. The summed E-state index contributed by atoms with van der Waals surface area (Å²) in [6.45, 7) is 3.28. The van der Waals surface area contributed by atoms with Gasteiger partial charge < -0.3 is 10.2 Å². The number of rotatable bonds is 4. The van der Waals surface area contributed by atoms with Gasteiger partial charge in [0.2, 0.25) is 0 Å². The highest BCUT2D eigenvalue weighted by Gasteiger charge is 2.25. The Morgan fingerprint density at radius 1 is 1.42 bits per heavy atom. The molecule has 1 unspecified atom stereocenters. The molecule has 0 aliphatic carbocycles. The van der Waals surface area contributed by atoms with Crippen LogP contribution in [0.15, 0.2) is 22.4 Å². The average molecular weight is 347 g/mol. The van der Waals surface area contributed by atoms with E-state index >= 15 is 0 Å². The van der Waals surface area contributed by atoms with Gasteiger partial charge in [-0.15, -0.1) is 11.3 Å². The summed E-state index contributed by atoms with van der Waals surface area (Å²) in [4.78, 5) is 30.8. The number of carbonyl (C=O) groups is 1. The topological polar surface area (TPSA) is 80.1 Å². The van der Waals surface area contributed by atoms with Crippen molar-refractivity contribution in [1.29, 1.82) is 0 Å². The van der Waals surface area contributed by atoms with Gasteiger partial charge in [0.1, 0.15) is 10.7 Å². The van der Waals surface area contributed by atoms with Gasteiger partial charge in [0.15, 0.2) is 0 Å². The van der Waals surface area contributed by atoms with Gasteiger partial charge in [0.25, 0.3) is 11.5 Å². The molecule has 1 N–H and O–H groups in total. The van der Waals surface area contributed by atoms with Crippen LogP contribution in [0.3, 0.4) is 0 Å². The van der Waals surface area contributed by atoms with Gasteiger partial charge in [0, 0.05) is 32.2 Å². The highest BCUT2D eigenvalue weighted by Crippen LogP contribution is 2.22. The third kappa shape index (κ3) is 3.48. The zero-order valence-corrected chi connectivity index (χ0v) is 14.7. The number of aryl methyl sites for hydroxylation is 2. The molecule has 0 spiro atoms. The van der Waals surface area contributed by atoms with Crippen LogP contribution < -0.4 is 15.8 Å². The summed E-state index contributed by atoms with van der Waals surface area (Å²) in [6.07, 6.45) is 3.21. The minimum atomic E-state index is -0.124. The first-order valence-electron chi connectivity index (χ1n) is 8.05. The molecule has 1 saturated heterocycles. The molecule has 0 bridgehead atoms. The Balaban J connectivity index is 1.70. The number of hydrogen-bond donors (Lipinski definition) is 1. The average Bonchev–Trinajstić information content (AvgIpc) is 3.01. The van der Waals surface area contributed by atoms with Gasteiger partial charge in [-0.1, -0.05) is 0 Å². The number of piperidine rings is 1. The van der Waals surface area contributed by atoms with E-state index in [-0.39, 0.29) is 17.5 Å². The second kappa shape index (κ2) is 7.12. The van der Waals surface area contributed by atoms with Crippen LogP contribution in [0.1, 0.15) is 34.6 Å². The lowest BCUT2D eigenvalue weighted by Gasteiger charge is -2.36. The Labute approximate surface area is 144 Å². The SMILES string of the molecule is Cc1ncsc1C(=O)NCC1CCCCN1c1ccc(=O)n(C)n1. The zero-order valence-electron chi connectivity index (χ0n) is 13.9. The lowest BCUT2D eigenvalue weighted by atomic mass is 10.0. The number of carbonyl (C=O) groups excluding carboxylic acids is 1. The molecule has 2 aromatic rings. The predicted molar refractivity (Wildman–Crippen MR) is 93.6 cm³/mol. The van der Waals surface area contributed by atoms with Crippen molar-refractivity contribution in [3.63, 3.8) is 0 Å². The summed E-state index contributed by atoms with van der Waals surface area (Å²) >= 11 is 1.36. The summed E-state index contributed by atoms with van der Waals surface area (Å²) in [5.74, 6) is 0.707. The molecule has 128 valence electrons. The maximum atomic E-state index is 12.3. The number of anilines is 1. The molecule has 0 aromatic carbocycles. The Hall–Kier alpha value is -2.22. The minimum absolute atomic E-state index is 0.0751. The van der Waals surface area contributed by atoms with E-state index in [1.807, 2.05) is 6.92 Å². The zero-order chi connectivity index (χ0) is 17.1. The van der Waals surface area contributed by atoms with Gasteiger partial charge in [0.05, 0.1) is 11.2 Å². The monoisotopic (exact) mass is 347 g/mol. The van der Waals surface area contributed by atoms with Gasteiger partial charge in [-0.05, 0) is 32.3 Å². The van der Waals surface area contributed by atoms with Crippen LogP contribution in [-0.2, 0) is 7.05 Å². The molecular weight excluding hydrogens is 326 g/mol. The molecule has 1 aliphatic rings. The van der Waals surface area contributed by atoms with Crippen molar-refractivity contribution in [2.45, 2.75) is 32.2 Å². The van der Waals surface area contributed by atoms with Crippen molar-refractivity contribution in [1.82, 2.24) is 20.1 Å². The molecule has 3 heterocycles. The van der Waals surface area contributed by atoms with E-state index < -0.39 is 0 Å². The number of thiazole rings is 1. The van der Waals surface area contributed by atoms with Crippen LogP contribution in [0.5, 0.6) is 0 Å². The number of amides is 1. The number of nitrogens with one attached hydrogen (secondary N) is 1. The molecule has 1 aliphatic heterocycles. The van der Waals surface area contributed by atoms with Crippen molar-refractivity contribution >= 4 is 23.1 Å². The predicted octanol–water partition coefficient (Wildman–Crippen LogP) is 1.33. The maximum absolute atomic E-state index is 12.3. The molecule has 2 aromatic heterocycles. The smallest absolute Gasteiger partial charge is 0.266 e. The van der Waals surface area contributed by atoms with E-state index in [1.165, 1.54) is 22.1 Å². The Kier molecular flexibility index (Phi) is 4.94. The lowest BCUT2D eigenvalue weighted by Crippen LogP contribution is -2.47. The summed E-state index contributed by atoms with van der Waals surface area (Å²) in [5.41, 5.74) is 2.32. The van der Waals surface area contributed by atoms with Crippen LogP contribution >= 0.6 is 11.3 Å². The van der Waals surface area contributed by atoms with Crippen molar-refractivity contribution in [2.75, 3.05) is 18.0 Å². The Morgan fingerprint density at radius 3 is 2.96 bits per heavy atom. The molecule has 1 amide bonds. The van der Waals surface area contributed by atoms with Crippen LogP contribution in [0.2, 0.25) is 0 Å². The Bertz CT molecular complexity index is 785. The van der Waals surface area contributed by atoms with E-state index in [2.05, 4.69) is 20.3 Å². The fourth-order valence-electron chi connectivity index (χ4n) is 2.97. The molecule has 0 saturated carbocycles. The molecule has 1 fully saturated rings. The van der Waals surface area contributed by atoms with Crippen molar-refractivity contribution in [2.24, 2.45) is 7.05 Å². The molecule has 8 heteroatoms. The minimum Gasteiger partial charge on any atom is -0.350 e. The van der Waals surface area contributed by atoms with Crippen LogP contribution in [-0.4, -0.2) is 39.8 Å². The van der Waals surface area contributed by atoms with Crippen LogP contribution in [0, 0.1) is 6.92 Å². The molecular formula is C16H21N5O2S. The highest BCUT2D eigenvalue weighted by molar-refractivity contribution is 7.11. The first-order valence-corrected chi connectivity index (χ1v) is 8.93. The first-order chi connectivity index (χ1) is 11.6. The quantitative estimate of drug-likeness (QED) is 0.903. The van der Waals surface area contributed by atoms with Crippen LogP contribution in [0.4, 0.5) is 5.82 Å². The lowest BCUT2D eigenvalue weighted by molar-refractivity contribution is 0.0953. The number of nitrogens with zero attached hydrogens (tertiary/aromatic N) is 4. The van der Waals surface area contributed by atoms with Gasteiger partial charge in [-0.3, -0.25) is 9.59 Å². The molecule has 3 rings (SSSR count). The van der Waals surface area contributed by atoms with E-state index in [4.69, 9.17) is 0 Å². The van der Waals surface area contributed by atoms with Crippen molar-refractivity contribution in [3.8, 4) is 0 Å². The fraction of sp³-hybridized carbons (Fsp3) is 0.500. The van der Waals surface area contributed by atoms with Gasteiger partial charge in [-0.25, -0.2) is 9.67 Å².